The third-order valence-electron chi connectivity index (χ3n) is 7.39. The second-order valence-electron chi connectivity index (χ2n) is 9.97. The van der Waals surface area contributed by atoms with Gasteiger partial charge in [-0.2, -0.15) is 0 Å². The number of rotatable bonds is 18. The van der Waals surface area contributed by atoms with Gasteiger partial charge in [-0.1, -0.05) is 134 Å². The van der Waals surface area contributed by atoms with Gasteiger partial charge < -0.3 is 0 Å². The first-order valence-electron chi connectivity index (χ1n) is 14.6. The molecule has 0 N–H and O–H groups in total. The van der Waals surface area contributed by atoms with Crippen molar-refractivity contribution in [1.82, 2.24) is 0 Å². The Morgan fingerprint density at radius 1 is 0.657 bits per heavy atom. The van der Waals surface area contributed by atoms with Crippen LogP contribution in [0.25, 0.3) is 6.08 Å². The van der Waals surface area contributed by atoms with Crippen molar-refractivity contribution in [3.8, 4) is 0 Å². The summed E-state index contributed by atoms with van der Waals surface area (Å²) in [5, 5.41) is 0. The van der Waals surface area contributed by atoms with E-state index >= 15 is 0 Å². The molecule has 0 fully saturated rings. The first-order chi connectivity index (χ1) is 17.2. The molecule has 35 heavy (non-hydrogen) atoms. The van der Waals surface area contributed by atoms with E-state index in [4.69, 9.17) is 0 Å². The number of hydrogen-bond acceptors (Lipinski definition) is 1. The number of carbonyl (C=O) groups excluding carboxylic acids is 1. The second-order valence-corrected chi connectivity index (χ2v) is 9.97. The summed E-state index contributed by atoms with van der Waals surface area (Å²) in [6.07, 6.45) is 23.4. The van der Waals surface area contributed by atoms with Crippen LogP contribution in [0.4, 0.5) is 0 Å². The standard InChI is InChI=1S/C34H50O/c1-5-9-10-11-12-13-14-15-16-17-21-24-33-28(6-2)27-30(31(7-3)32(33)8-4)25-26-34(35)29-22-19-18-20-23-29/h18-20,22-23,25-27H,5-17,21,24H2,1-4H3. The van der Waals surface area contributed by atoms with E-state index in [1.54, 1.807) is 11.6 Å². The molecule has 1 nitrogen and oxygen atoms in total. The maximum atomic E-state index is 12.6. The first kappa shape index (κ1) is 29.1. The van der Waals surface area contributed by atoms with Gasteiger partial charge in [0.25, 0.3) is 0 Å². The minimum absolute atomic E-state index is 0.0776. The summed E-state index contributed by atoms with van der Waals surface area (Å²) in [4.78, 5) is 12.6. The molecule has 0 spiro atoms. The lowest BCUT2D eigenvalue weighted by molar-refractivity contribution is 0.104. The lowest BCUT2D eigenvalue weighted by Gasteiger charge is -2.20. The van der Waals surface area contributed by atoms with Crippen LogP contribution in [0.5, 0.6) is 0 Å². The summed E-state index contributed by atoms with van der Waals surface area (Å²) in [6, 6.07) is 11.9. The van der Waals surface area contributed by atoms with E-state index in [9.17, 15) is 4.79 Å². The highest BCUT2D eigenvalue weighted by Crippen LogP contribution is 2.28. The molecule has 0 saturated heterocycles. The molecular formula is C34H50O. The van der Waals surface area contributed by atoms with Gasteiger partial charge in [-0.15, -0.1) is 0 Å². The van der Waals surface area contributed by atoms with Crippen LogP contribution in [-0.2, 0) is 25.7 Å². The zero-order chi connectivity index (χ0) is 25.3. The van der Waals surface area contributed by atoms with Crippen LogP contribution in [0.1, 0.15) is 136 Å². The Bertz CT molecular complexity index is 891. The lowest BCUT2D eigenvalue weighted by atomic mass is 9.85. The van der Waals surface area contributed by atoms with Crippen LogP contribution in [-0.4, -0.2) is 5.78 Å². The highest BCUT2D eigenvalue weighted by Gasteiger charge is 2.14. The van der Waals surface area contributed by atoms with Gasteiger partial charge in [0.05, 0.1) is 0 Å². The molecule has 0 radical (unpaired) electrons. The van der Waals surface area contributed by atoms with Crippen LogP contribution < -0.4 is 0 Å². The van der Waals surface area contributed by atoms with Gasteiger partial charge in [-0.25, -0.2) is 0 Å². The minimum Gasteiger partial charge on any atom is -0.289 e. The fourth-order valence-electron chi connectivity index (χ4n) is 5.36. The molecule has 0 bridgehead atoms. The molecular weight excluding hydrogens is 424 g/mol. The van der Waals surface area contributed by atoms with Gasteiger partial charge in [-0.05, 0) is 66.0 Å². The number of ketones is 1. The number of aryl methyl sites for hydroxylation is 1. The van der Waals surface area contributed by atoms with Crippen molar-refractivity contribution < 1.29 is 4.79 Å². The molecule has 0 aliphatic heterocycles. The van der Waals surface area contributed by atoms with Crippen molar-refractivity contribution in [1.29, 1.82) is 0 Å². The number of hydrogen-bond donors (Lipinski definition) is 0. The monoisotopic (exact) mass is 474 g/mol. The number of allylic oxidation sites excluding steroid dienone is 1. The Hall–Kier alpha value is -2.15. The SMILES string of the molecule is CCCCCCCCCCCCCc1c(CC)cc(C=CC(=O)c2ccccc2)c(CC)c1CC. The highest BCUT2D eigenvalue weighted by atomic mass is 16.1. The second kappa shape index (κ2) is 17.3. The van der Waals surface area contributed by atoms with E-state index in [1.807, 2.05) is 30.3 Å². The van der Waals surface area contributed by atoms with Gasteiger partial charge in [0.1, 0.15) is 0 Å². The summed E-state index contributed by atoms with van der Waals surface area (Å²) in [7, 11) is 0. The first-order valence-corrected chi connectivity index (χ1v) is 14.6. The average molecular weight is 475 g/mol. The molecule has 2 aromatic rings. The predicted molar refractivity (Wildman–Crippen MR) is 155 cm³/mol. The fourth-order valence-corrected chi connectivity index (χ4v) is 5.36. The van der Waals surface area contributed by atoms with Crippen LogP contribution in [0.2, 0.25) is 0 Å². The molecule has 0 aromatic heterocycles. The van der Waals surface area contributed by atoms with Gasteiger partial charge in [0, 0.05) is 5.56 Å². The third kappa shape index (κ3) is 9.79. The largest absolute Gasteiger partial charge is 0.289 e. The fraction of sp³-hybridized carbons (Fsp3) is 0.559. The number of unbranched alkanes of at least 4 members (excludes halogenated alkanes) is 10. The van der Waals surface area contributed by atoms with Gasteiger partial charge in [-0.3, -0.25) is 4.79 Å². The molecule has 1 heteroatoms. The van der Waals surface area contributed by atoms with Crippen molar-refractivity contribution >= 4 is 11.9 Å². The van der Waals surface area contributed by atoms with Crippen molar-refractivity contribution in [2.45, 2.75) is 124 Å². The maximum absolute atomic E-state index is 12.6. The van der Waals surface area contributed by atoms with Crippen molar-refractivity contribution in [2.75, 3.05) is 0 Å². The van der Waals surface area contributed by atoms with Gasteiger partial charge >= 0.3 is 0 Å². The maximum Gasteiger partial charge on any atom is 0.185 e. The van der Waals surface area contributed by atoms with Gasteiger partial charge in [0.15, 0.2) is 5.78 Å². The molecule has 192 valence electrons. The van der Waals surface area contributed by atoms with Crippen LogP contribution in [0.3, 0.4) is 0 Å². The van der Waals surface area contributed by atoms with E-state index in [0.29, 0.717) is 0 Å². The summed E-state index contributed by atoms with van der Waals surface area (Å²) in [6.45, 7) is 9.10. The van der Waals surface area contributed by atoms with E-state index in [0.717, 1.165) is 24.8 Å². The topological polar surface area (TPSA) is 17.1 Å². The highest BCUT2D eigenvalue weighted by molar-refractivity contribution is 6.06. The molecule has 0 aliphatic carbocycles. The van der Waals surface area contributed by atoms with E-state index < -0.39 is 0 Å². The summed E-state index contributed by atoms with van der Waals surface area (Å²) in [5.74, 6) is 0.0776. The third-order valence-corrected chi connectivity index (χ3v) is 7.39. The smallest absolute Gasteiger partial charge is 0.185 e. The summed E-state index contributed by atoms with van der Waals surface area (Å²) in [5.41, 5.74) is 8.01. The molecule has 0 unspecified atom stereocenters. The summed E-state index contributed by atoms with van der Waals surface area (Å²) >= 11 is 0. The number of carbonyl (C=O) groups is 1. The normalized spacial score (nSPS) is 11.4. The average Bonchev–Trinajstić information content (AvgIpc) is 2.90. The van der Waals surface area contributed by atoms with Crippen LogP contribution in [0, 0.1) is 0 Å². The molecule has 0 aliphatic rings. The predicted octanol–water partition coefficient (Wildman–Crippen LogP) is 10.1. The van der Waals surface area contributed by atoms with Crippen molar-refractivity contribution in [2.24, 2.45) is 0 Å². The number of benzene rings is 2. The zero-order valence-electron chi connectivity index (χ0n) is 23.1. The van der Waals surface area contributed by atoms with Crippen molar-refractivity contribution in [3.05, 3.63) is 75.9 Å². The summed E-state index contributed by atoms with van der Waals surface area (Å²) < 4.78 is 0. The van der Waals surface area contributed by atoms with Crippen LogP contribution in [0.15, 0.2) is 42.5 Å². The Balaban J connectivity index is 1.97. The quantitative estimate of drug-likeness (QED) is 0.119. The Labute approximate surface area is 216 Å². The molecule has 0 atom stereocenters. The lowest BCUT2D eigenvalue weighted by Crippen LogP contribution is -2.06. The van der Waals surface area contributed by atoms with Crippen LogP contribution >= 0.6 is 0 Å². The Kier molecular flexibility index (Phi) is 14.4. The molecule has 0 heterocycles. The van der Waals surface area contributed by atoms with Gasteiger partial charge in [0.2, 0.25) is 0 Å². The van der Waals surface area contributed by atoms with E-state index in [2.05, 4.69) is 39.8 Å². The van der Waals surface area contributed by atoms with Crippen molar-refractivity contribution in [3.63, 3.8) is 0 Å². The minimum atomic E-state index is 0.0776. The molecule has 2 aromatic carbocycles. The van der Waals surface area contributed by atoms with E-state index in [1.165, 1.54) is 99.3 Å². The Morgan fingerprint density at radius 2 is 1.23 bits per heavy atom. The van der Waals surface area contributed by atoms with E-state index in [-0.39, 0.29) is 5.78 Å². The Morgan fingerprint density at radius 3 is 1.77 bits per heavy atom. The molecule has 0 amide bonds. The molecule has 0 saturated carbocycles. The molecule has 2 rings (SSSR count). The zero-order valence-corrected chi connectivity index (χ0v) is 23.1.